The SMILES string of the molecule is c1ccc(-c2ccc(-c3ccc(N(c4ccc(-c5cccc(-c6ccccc6)c5)cc4)c4ccc(-c5cccc(-c6cc7ccccc7o6)c5)c5ccccc45)cc3)cc2)cc1. The van der Waals surface area contributed by atoms with E-state index in [1.165, 1.54) is 60.8 Å². The van der Waals surface area contributed by atoms with E-state index in [1.807, 2.05) is 18.2 Å². The zero-order valence-electron chi connectivity index (χ0n) is 34.0. The summed E-state index contributed by atoms with van der Waals surface area (Å²) in [6, 6.07) is 89.1. The lowest BCUT2D eigenvalue weighted by Crippen LogP contribution is -2.10. The van der Waals surface area contributed by atoms with Gasteiger partial charge < -0.3 is 9.32 Å². The fourth-order valence-corrected chi connectivity index (χ4v) is 8.72. The number of hydrogen-bond donors (Lipinski definition) is 0. The summed E-state index contributed by atoms with van der Waals surface area (Å²) < 4.78 is 6.30. The summed E-state index contributed by atoms with van der Waals surface area (Å²) >= 11 is 0. The summed E-state index contributed by atoms with van der Waals surface area (Å²) in [4.78, 5) is 2.39. The van der Waals surface area contributed by atoms with Crippen LogP contribution in [0.3, 0.4) is 0 Å². The molecule has 10 aromatic carbocycles. The average Bonchev–Trinajstić information content (AvgIpc) is 3.80. The van der Waals surface area contributed by atoms with Crippen LogP contribution in [-0.2, 0) is 0 Å². The monoisotopic (exact) mass is 791 g/mol. The van der Waals surface area contributed by atoms with Gasteiger partial charge in [0.2, 0.25) is 0 Å². The van der Waals surface area contributed by atoms with Gasteiger partial charge in [0.1, 0.15) is 11.3 Å². The number of furan rings is 1. The lowest BCUT2D eigenvalue weighted by molar-refractivity contribution is 0.631. The van der Waals surface area contributed by atoms with Crippen molar-refractivity contribution < 1.29 is 4.42 Å². The van der Waals surface area contributed by atoms with Crippen molar-refractivity contribution in [2.24, 2.45) is 0 Å². The maximum Gasteiger partial charge on any atom is 0.135 e. The second-order valence-corrected chi connectivity index (χ2v) is 15.7. The maximum atomic E-state index is 6.30. The summed E-state index contributed by atoms with van der Waals surface area (Å²) in [5.41, 5.74) is 17.1. The normalized spacial score (nSPS) is 11.2. The van der Waals surface area contributed by atoms with E-state index in [1.54, 1.807) is 0 Å². The molecule has 2 nitrogen and oxygen atoms in total. The number of hydrogen-bond acceptors (Lipinski definition) is 2. The van der Waals surface area contributed by atoms with Crippen LogP contribution in [0.5, 0.6) is 0 Å². The van der Waals surface area contributed by atoms with Gasteiger partial charge in [-0.25, -0.2) is 0 Å². The third-order valence-electron chi connectivity index (χ3n) is 11.9. The molecule has 0 radical (unpaired) electrons. The highest BCUT2D eigenvalue weighted by Gasteiger charge is 2.19. The fourth-order valence-electron chi connectivity index (χ4n) is 8.72. The second-order valence-electron chi connectivity index (χ2n) is 15.7. The molecule has 11 aromatic rings. The lowest BCUT2D eigenvalue weighted by atomic mass is 9.94. The van der Waals surface area contributed by atoms with Crippen molar-refractivity contribution >= 4 is 38.8 Å². The molecule has 0 atom stereocenters. The molecule has 292 valence electrons. The first-order valence-electron chi connectivity index (χ1n) is 21.2. The van der Waals surface area contributed by atoms with Gasteiger partial charge in [0.15, 0.2) is 0 Å². The Kier molecular flexibility index (Phi) is 9.57. The molecule has 0 aliphatic rings. The van der Waals surface area contributed by atoms with Crippen LogP contribution in [0.4, 0.5) is 17.1 Å². The van der Waals surface area contributed by atoms with Crippen molar-refractivity contribution in [3.63, 3.8) is 0 Å². The van der Waals surface area contributed by atoms with Gasteiger partial charge in [-0.15, -0.1) is 0 Å². The molecule has 0 amide bonds. The van der Waals surface area contributed by atoms with E-state index in [-0.39, 0.29) is 0 Å². The molecule has 0 bridgehead atoms. The van der Waals surface area contributed by atoms with E-state index in [0.717, 1.165) is 44.9 Å². The van der Waals surface area contributed by atoms with Gasteiger partial charge in [-0.3, -0.25) is 0 Å². The predicted octanol–water partition coefficient (Wildman–Crippen LogP) is 17.1. The summed E-state index contributed by atoms with van der Waals surface area (Å²) in [6.45, 7) is 0. The van der Waals surface area contributed by atoms with E-state index in [9.17, 15) is 0 Å². The Bertz CT molecular complexity index is 3280. The number of anilines is 3. The topological polar surface area (TPSA) is 16.4 Å². The molecular formula is C60H41NO. The predicted molar refractivity (Wildman–Crippen MR) is 261 cm³/mol. The Balaban J connectivity index is 0.991. The molecule has 0 saturated heterocycles. The largest absolute Gasteiger partial charge is 0.456 e. The highest BCUT2D eigenvalue weighted by atomic mass is 16.3. The third-order valence-corrected chi connectivity index (χ3v) is 11.9. The molecule has 0 aliphatic heterocycles. The Morgan fingerprint density at radius 1 is 0.274 bits per heavy atom. The van der Waals surface area contributed by atoms with Crippen LogP contribution in [0.2, 0.25) is 0 Å². The van der Waals surface area contributed by atoms with Crippen molar-refractivity contribution in [1.29, 1.82) is 0 Å². The molecule has 0 saturated carbocycles. The smallest absolute Gasteiger partial charge is 0.135 e. The minimum atomic E-state index is 0.867. The van der Waals surface area contributed by atoms with Crippen LogP contribution < -0.4 is 4.90 Å². The summed E-state index contributed by atoms with van der Waals surface area (Å²) in [7, 11) is 0. The van der Waals surface area contributed by atoms with Crippen molar-refractivity contribution in [3.05, 3.63) is 249 Å². The molecule has 11 rings (SSSR count). The number of benzene rings is 10. The number of rotatable bonds is 9. The van der Waals surface area contributed by atoms with E-state index < -0.39 is 0 Å². The van der Waals surface area contributed by atoms with Crippen LogP contribution >= 0.6 is 0 Å². The zero-order valence-corrected chi connectivity index (χ0v) is 34.0. The van der Waals surface area contributed by atoms with Crippen LogP contribution in [0, 0.1) is 0 Å². The standard InChI is InChI=1S/C60H41NO/c1-3-13-42(14-4-1)44-25-27-45(28-26-44)46-29-33-53(34-30-46)61(54-35-31-47(32-36-54)49-19-11-18-48(39-49)43-15-5-2-6-16-43)58-38-37-55(56-22-8-9-23-57(56)58)50-20-12-21-51(40-50)60-41-52-17-7-10-24-59(52)62-60/h1-41H. The Labute approximate surface area is 362 Å². The van der Waals surface area contributed by atoms with Crippen molar-refractivity contribution in [2.45, 2.75) is 0 Å². The first-order chi connectivity index (χ1) is 30.7. The fraction of sp³-hybridized carbons (Fsp3) is 0. The maximum absolute atomic E-state index is 6.30. The molecule has 2 heteroatoms. The van der Waals surface area contributed by atoms with Crippen LogP contribution in [0.15, 0.2) is 253 Å². The summed E-state index contributed by atoms with van der Waals surface area (Å²) in [6.07, 6.45) is 0. The van der Waals surface area contributed by atoms with Gasteiger partial charge in [0.25, 0.3) is 0 Å². The molecular weight excluding hydrogens is 751 g/mol. The van der Waals surface area contributed by atoms with Gasteiger partial charge in [0.05, 0.1) is 5.69 Å². The van der Waals surface area contributed by atoms with Gasteiger partial charge in [-0.2, -0.15) is 0 Å². The lowest BCUT2D eigenvalue weighted by Gasteiger charge is -2.28. The minimum Gasteiger partial charge on any atom is -0.456 e. The molecule has 0 unspecified atom stereocenters. The van der Waals surface area contributed by atoms with Gasteiger partial charge in [-0.05, 0) is 116 Å². The van der Waals surface area contributed by atoms with Crippen molar-refractivity contribution in [2.75, 3.05) is 4.90 Å². The van der Waals surface area contributed by atoms with E-state index in [4.69, 9.17) is 4.42 Å². The van der Waals surface area contributed by atoms with E-state index >= 15 is 0 Å². The number of fused-ring (bicyclic) bond motifs is 2. The van der Waals surface area contributed by atoms with Crippen LogP contribution in [0.1, 0.15) is 0 Å². The average molecular weight is 792 g/mol. The summed E-state index contributed by atoms with van der Waals surface area (Å²) in [5, 5.41) is 3.45. The quantitative estimate of drug-likeness (QED) is 0.145. The van der Waals surface area contributed by atoms with Gasteiger partial charge in [0, 0.05) is 27.7 Å². The molecule has 0 spiro atoms. The highest BCUT2D eigenvalue weighted by molar-refractivity contribution is 6.06. The van der Waals surface area contributed by atoms with Gasteiger partial charge >= 0.3 is 0 Å². The van der Waals surface area contributed by atoms with Crippen molar-refractivity contribution in [1.82, 2.24) is 0 Å². The summed E-state index contributed by atoms with van der Waals surface area (Å²) in [5.74, 6) is 0.867. The Hall–Kier alpha value is -8.20. The Morgan fingerprint density at radius 3 is 1.32 bits per heavy atom. The molecule has 0 fully saturated rings. The number of para-hydroxylation sites is 1. The minimum absolute atomic E-state index is 0.867. The highest BCUT2D eigenvalue weighted by Crippen LogP contribution is 2.44. The molecule has 0 N–H and O–H groups in total. The van der Waals surface area contributed by atoms with Crippen LogP contribution in [0.25, 0.3) is 88.7 Å². The molecule has 1 aromatic heterocycles. The van der Waals surface area contributed by atoms with Crippen molar-refractivity contribution in [3.8, 4) is 67.0 Å². The van der Waals surface area contributed by atoms with Crippen LogP contribution in [-0.4, -0.2) is 0 Å². The third kappa shape index (κ3) is 7.14. The number of nitrogens with zero attached hydrogens (tertiary/aromatic N) is 1. The first-order valence-corrected chi connectivity index (χ1v) is 21.2. The molecule has 1 heterocycles. The first kappa shape index (κ1) is 36.8. The second kappa shape index (κ2) is 16.1. The van der Waals surface area contributed by atoms with E-state index in [0.29, 0.717) is 0 Å². The van der Waals surface area contributed by atoms with E-state index in [2.05, 4.69) is 235 Å². The van der Waals surface area contributed by atoms with Gasteiger partial charge in [-0.1, -0.05) is 194 Å². The Morgan fingerprint density at radius 2 is 0.710 bits per heavy atom. The molecule has 62 heavy (non-hydrogen) atoms. The zero-order chi connectivity index (χ0) is 41.2. The molecule has 0 aliphatic carbocycles.